The van der Waals surface area contributed by atoms with Crippen molar-refractivity contribution >= 4 is 5.91 Å². The molecule has 0 saturated heterocycles. The maximum absolute atomic E-state index is 12.6. The van der Waals surface area contributed by atoms with Crippen LogP contribution in [0.3, 0.4) is 0 Å². The number of carbonyl (C=O) groups is 1. The van der Waals surface area contributed by atoms with Crippen molar-refractivity contribution in [3.63, 3.8) is 0 Å². The molecule has 158 valence electrons. The Morgan fingerprint density at radius 3 is 2.40 bits per heavy atom. The lowest BCUT2D eigenvalue weighted by atomic mass is 10.1. The van der Waals surface area contributed by atoms with Gasteiger partial charge in [-0.25, -0.2) is 0 Å². The summed E-state index contributed by atoms with van der Waals surface area (Å²) in [4.78, 5) is 18.5. The average molecular weight is 409 g/mol. The van der Waals surface area contributed by atoms with E-state index < -0.39 is 0 Å². The molecule has 1 heterocycles. The molecule has 0 saturated carbocycles. The van der Waals surface area contributed by atoms with Crippen molar-refractivity contribution in [2.75, 3.05) is 20.2 Å². The third-order valence-electron chi connectivity index (χ3n) is 4.50. The van der Waals surface area contributed by atoms with Gasteiger partial charge in [-0.1, -0.05) is 11.2 Å². The van der Waals surface area contributed by atoms with E-state index in [-0.39, 0.29) is 12.5 Å². The molecule has 0 N–H and O–H groups in total. The van der Waals surface area contributed by atoms with Crippen LogP contribution in [0.25, 0.3) is 0 Å². The van der Waals surface area contributed by atoms with Crippen LogP contribution in [-0.4, -0.2) is 41.1 Å². The van der Waals surface area contributed by atoms with Gasteiger partial charge < -0.3 is 18.9 Å². The average Bonchev–Trinajstić information content (AvgIpc) is 3.18. The van der Waals surface area contributed by atoms with Gasteiger partial charge in [0.15, 0.2) is 12.4 Å². The van der Waals surface area contributed by atoms with Crippen molar-refractivity contribution in [3.05, 3.63) is 70.9 Å². The summed E-state index contributed by atoms with van der Waals surface area (Å²) < 4.78 is 16.4. The van der Waals surface area contributed by atoms with Crippen molar-refractivity contribution in [1.29, 1.82) is 0 Å². The van der Waals surface area contributed by atoms with Gasteiger partial charge in [0.25, 0.3) is 11.8 Å². The molecule has 0 aliphatic carbocycles. The van der Waals surface area contributed by atoms with Crippen molar-refractivity contribution < 1.29 is 18.8 Å². The van der Waals surface area contributed by atoms with E-state index in [2.05, 4.69) is 16.2 Å². The Hall–Kier alpha value is -3.35. The second-order valence-electron chi connectivity index (χ2n) is 7.15. The Morgan fingerprint density at radius 1 is 1.03 bits per heavy atom. The van der Waals surface area contributed by atoms with Crippen LogP contribution in [0.4, 0.5) is 0 Å². The normalized spacial score (nSPS) is 10.7. The molecule has 30 heavy (non-hydrogen) atoms. The number of aryl methyl sites for hydroxylation is 2. The van der Waals surface area contributed by atoms with E-state index >= 15 is 0 Å². The van der Waals surface area contributed by atoms with Crippen LogP contribution in [-0.2, 0) is 13.0 Å². The zero-order valence-electron chi connectivity index (χ0n) is 17.8. The van der Waals surface area contributed by atoms with E-state index in [4.69, 9.17) is 14.0 Å². The molecule has 0 fully saturated rings. The summed E-state index contributed by atoms with van der Waals surface area (Å²) in [5.41, 5.74) is 2.88. The summed E-state index contributed by atoms with van der Waals surface area (Å²) in [6, 6.07) is 13.1. The SMILES string of the molecule is CCOc1ccc(C(=O)N(C)CCc2noc(COc3cc(C)cc(C)c3)n2)cc1. The van der Waals surface area contributed by atoms with E-state index in [1.165, 1.54) is 0 Å². The van der Waals surface area contributed by atoms with E-state index in [0.717, 1.165) is 22.6 Å². The Kier molecular flexibility index (Phi) is 7.06. The molecule has 3 aromatic rings. The summed E-state index contributed by atoms with van der Waals surface area (Å²) in [5.74, 6) is 2.40. The van der Waals surface area contributed by atoms with Gasteiger partial charge >= 0.3 is 0 Å². The quantitative estimate of drug-likeness (QED) is 0.532. The molecule has 0 radical (unpaired) electrons. The Labute approximate surface area is 176 Å². The van der Waals surface area contributed by atoms with Crippen LogP contribution >= 0.6 is 0 Å². The summed E-state index contributed by atoms with van der Waals surface area (Å²) >= 11 is 0. The molecule has 2 aromatic carbocycles. The fourth-order valence-corrected chi connectivity index (χ4v) is 3.06. The van der Waals surface area contributed by atoms with Gasteiger partial charge in [0.1, 0.15) is 11.5 Å². The lowest BCUT2D eigenvalue weighted by Crippen LogP contribution is -2.29. The second kappa shape index (κ2) is 9.91. The zero-order valence-corrected chi connectivity index (χ0v) is 17.8. The first kappa shape index (κ1) is 21.4. The minimum atomic E-state index is -0.0695. The number of carbonyl (C=O) groups excluding carboxylic acids is 1. The monoisotopic (exact) mass is 409 g/mol. The highest BCUT2D eigenvalue weighted by Gasteiger charge is 2.14. The molecule has 1 aromatic heterocycles. The zero-order chi connectivity index (χ0) is 21.5. The Morgan fingerprint density at radius 2 is 1.73 bits per heavy atom. The van der Waals surface area contributed by atoms with E-state index in [0.29, 0.717) is 36.9 Å². The first-order valence-corrected chi connectivity index (χ1v) is 9.95. The van der Waals surface area contributed by atoms with Crippen molar-refractivity contribution in [3.8, 4) is 11.5 Å². The third-order valence-corrected chi connectivity index (χ3v) is 4.50. The minimum Gasteiger partial charge on any atom is -0.494 e. The topological polar surface area (TPSA) is 77.7 Å². The van der Waals surface area contributed by atoms with Gasteiger partial charge in [-0.2, -0.15) is 4.98 Å². The van der Waals surface area contributed by atoms with E-state index in [1.54, 1.807) is 36.2 Å². The van der Waals surface area contributed by atoms with E-state index in [9.17, 15) is 4.79 Å². The number of rotatable bonds is 9. The van der Waals surface area contributed by atoms with Gasteiger partial charge in [-0.3, -0.25) is 4.79 Å². The Balaban J connectivity index is 1.49. The fourth-order valence-electron chi connectivity index (χ4n) is 3.06. The highest BCUT2D eigenvalue weighted by atomic mass is 16.5. The first-order valence-electron chi connectivity index (χ1n) is 9.95. The molecular formula is C23H27N3O4. The molecular weight excluding hydrogens is 382 g/mol. The van der Waals surface area contributed by atoms with Crippen molar-refractivity contribution in [2.45, 2.75) is 33.8 Å². The second-order valence-corrected chi connectivity index (χ2v) is 7.15. The highest BCUT2D eigenvalue weighted by Crippen LogP contribution is 2.17. The largest absolute Gasteiger partial charge is 0.494 e. The predicted octanol–water partition coefficient (Wildman–Crippen LogP) is 3.98. The summed E-state index contributed by atoms with van der Waals surface area (Å²) in [5, 5.41) is 3.98. The lowest BCUT2D eigenvalue weighted by Gasteiger charge is -2.16. The van der Waals surface area contributed by atoms with Gasteiger partial charge in [-0.15, -0.1) is 0 Å². The molecule has 0 spiro atoms. The number of amides is 1. The molecule has 3 rings (SSSR count). The Bertz CT molecular complexity index is 962. The van der Waals surface area contributed by atoms with E-state index in [1.807, 2.05) is 32.9 Å². The van der Waals surface area contributed by atoms with Gasteiger partial charge in [-0.05, 0) is 68.3 Å². The molecule has 1 amide bonds. The van der Waals surface area contributed by atoms with Crippen LogP contribution in [0.5, 0.6) is 11.5 Å². The third kappa shape index (κ3) is 5.83. The van der Waals surface area contributed by atoms with Crippen LogP contribution in [0.15, 0.2) is 47.0 Å². The van der Waals surface area contributed by atoms with Crippen molar-refractivity contribution in [1.82, 2.24) is 15.0 Å². The molecule has 0 atom stereocenters. The molecule has 7 nitrogen and oxygen atoms in total. The molecule has 0 unspecified atom stereocenters. The summed E-state index contributed by atoms with van der Waals surface area (Å²) in [7, 11) is 1.75. The number of aromatic nitrogens is 2. The summed E-state index contributed by atoms with van der Waals surface area (Å²) in [6.45, 7) is 7.24. The smallest absolute Gasteiger partial charge is 0.264 e. The van der Waals surface area contributed by atoms with Crippen LogP contribution in [0, 0.1) is 13.8 Å². The highest BCUT2D eigenvalue weighted by molar-refractivity contribution is 5.94. The van der Waals surface area contributed by atoms with Crippen molar-refractivity contribution in [2.24, 2.45) is 0 Å². The van der Waals surface area contributed by atoms with Crippen LogP contribution in [0.1, 0.15) is 40.1 Å². The van der Waals surface area contributed by atoms with Crippen LogP contribution in [0.2, 0.25) is 0 Å². The number of benzene rings is 2. The predicted molar refractivity (Wildman–Crippen MR) is 113 cm³/mol. The maximum Gasteiger partial charge on any atom is 0.264 e. The molecule has 0 bridgehead atoms. The number of hydrogen-bond acceptors (Lipinski definition) is 6. The standard InChI is InChI=1S/C23H27N3O4/c1-5-28-19-8-6-18(7-9-19)23(27)26(4)11-10-21-24-22(30-25-21)15-29-20-13-16(2)12-17(3)14-20/h6-9,12-14H,5,10-11,15H2,1-4H3. The van der Waals surface area contributed by atoms with Gasteiger partial charge in [0.05, 0.1) is 6.61 Å². The number of likely N-dealkylation sites (N-methyl/N-ethyl adjacent to an activating group) is 1. The van der Waals surface area contributed by atoms with Gasteiger partial charge in [0.2, 0.25) is 0 Å². The molecule has 0 aliphatic rings. The molecule has 7 heteroatoms. The fraction of sp³-hybridized carbons (Fsp3) is 0.348. The number of ether oxygens (including phenoxy) is 2. The molecule has 0 aliphatic heterocycles. The van der Waals surface area contributed by atoms with Crippen LogP contribution < -0.4 is 9.47 Å². The number of hydrogen-bond donors (Lipinski definition) is 0. The lowest BCUT2D eigenvalue weighted by molar-refractivity contribution is 0.0795. The first-order chi connectivity index (χ1) is 14.4. The van der Waals surface area contributed by atoms with Gasteiger partial charge in [0, 0.05) is 25.6 Å². The maximum atomic E-state index is 12.6. The number of nitrogens with zero attached hydrogens (tertiary/aromatic N) is 3. The minimum absolute atomic E-state index is 0.0695. The summed E-state index contributed by atoms with van der Waals surface area (Å²) in [6.07, 6.45) is 0.492.